The van der Waals surface area contributed by atoms with Gasteiger partial charge in [-0.15, -0.1) is 0 Å². The Kier molecular flexibility index (Phi) is 13.8. The average Bonchev–Trinajstić information content (AvgIpc) is 3.45. The van der Waals surface area contributed by atoms with Crippen molar-refractivity contribution in [2.24, 2.45) is 0 Å². The number of amides is 2. The van der Waals surface area contributed by atoms with Gasteiger partial charge in [-0.25, -0.2) is 4.79 Å². The molecule has 4 rings (SSSR count). The van der Waals surface area contributed by atoms with Gasteiger partial charge in [-0.2, -0.15) is 13.4 Å². The van der Waals surface area contributed by atoms with E-state index >= 15 is 0 Å². The molecule has 0 fully saturated rings. The average molecular weight is 698 g/mol. The summed E-state index contributed by atoms with van der Waals surface area (Å²) in [7, 11) is -4.02. The Bertz CT molecular complexity index is 1940. The third kappa shape index (κ3) is 11.7. The molecule has 5 N–H and O–H groups in total. The molecule has 0 aliphatic carbocycles. The van der Waals surface area contributed by atoms with Gasteiger partial charge in [-0.3, -0.25) is 34.0 Å². The first-order valence-corrected chi connectivity index (χ1v) is 16.8. The van der Waals surface area contributed by atoms with Crippen LogP contribution in [-0.2, 0) is 46.8 Å². The molecule has 2 heterocycles. The fourth-order valence-electron chi connectivity index (χ4n) is 4.57. The zero-order chi connectivity index (χ0) is 36.1. The number of nitrogens with zero attached hydrogens (tertiary/aromatic N) is 1. The molecule has 0 saturated heterocycles. The topological polar surface area (TPSA) is 227 Å². The van der Waals surface area contributed by atoms with E-state index < -0.39 is 34.0 Å². The molecule has 1 atom stereocenters. The van der Waals surface area contributed by atoms with Crippen LogP contribution in [0.1, 0.15) is 60.7 Å². The fraction of sp³-hybridized carbons (Fsp3) is 0.333. The van der Waals surface area contributed by atoms with Gasteiger partial charge < -0.3 is 19.8 Å². The Morgan fingerprint density at radius 1 is 0.959 bits per heavy atom. The zero-order valence-corrected chi connectivity index (χ0v) is 28.3. The third-order valence-corrected chi connectivity index (χ3v) is 7.82. The standard InChI is InChI=1S/C26H31N5O7.C7H8O3S/c1-4-37-20(33)13-12-19(25(36)38-5-2)29-23(34)17-9-6-16(7-10-17)8-11-18-14-27-22-21(18)24(35)31-26(30-22)28-15(3)32;1-6-2-4-7(5-3-6)11(8,9)10/h6-7,9-10,14,19H,4-5,8,11-13H2,1-3H3,(H,29,34)(H3,27,28,30,31,32,35);2-5H,1H3,(H,8,9,10)/t19-;/m0./s1. The minimum atomic E-state index is -4.02. The van der Waals surface area contributed by atoms with Crippen molar-refractivity contribution in [3.05, 3.63) is 87.3 Å². The molecule has 0 unspecified atom stereocenters. The van der Waals surface area contributed by atoms with Crippen molar-refractivity contribution in [3.63, 3.8) is 0 Å². The number of fused-ring (bicyclic) bond motifs is 1. The fourth-order valence-corrected chi connectivity index (χ4v) is 5.05. The molecule has 16 heteroatoms. The summed E-state index contributed by atoms with van der Waals surface area (Å²) in [6.07, 6.45) is 2.86. The van der Waals surface area contributed by atoms with Crippen LogP contribution in [0, 0.1) is 6.92 Å². The summed E-state index contributed by atoms with van der Waals surface area (Å²) in [4.78, 5) is 70.1. The second-order valence-electron chi connectivity index (χ2n) is 10.7. The van der Waals surface area contributed by atoms with Crippen molar-refractivity contribution in [2.75, 3.05) is 18.5 Å². The monoisotopic (exact) mass is 697 g/mol. The molecule has 2 amide bonds. The number of carbonyl (C=O) groups excluding carboxylic acids is 4. The van der Waals surface area contributed by atoms with Crippen LogP contribution in [0.15, 0.2) is 64.4 Å². The minimum Gasteiger partial charge on any atom is -0.466 e. The van der Waals surface area contributed by atoms with Crippen LogP contribution in [-0.4, -0.2) is 70.9 Å². The van der Waals surface area contributed by atoms with Crippen LogP contribution in [0.5, 0.6) is 0 Å². The predicted molar refractivity (Wildman–Crippen MR) is 180 cm³/mol. The van der Waals surface area contributed by atoms with Crippen molar-refractivity contribution in [3.8, 4) is 0 Å². The maximum Gasteiger partial charge on any atom is 0.328 e. The highest BCUT2D eigenvalue weighted by atomic mass is 32.2. The molecule has 2 aromatic heterocycles. The van der Waals surface area contributed by atoms with Crippen LogP contribution >= 0.6 is 0 Å². The lowest BCUT2D eigenvalue weighted by Crippen LogP contribution is -2.42. The summed E-state index contributed by atoms with van der Waals surface area (Å²) in [6.45, 7) is 6.89. The second kappa shape index (κ2) is 17.7. The van der Waals surface area contributed by atoms with E-state index in [0.29, 0.717) is 29.4 Å². The van der Waals surface area contributed by atoms with E-state index in [1.165, 1.54) is 19.1 Å². The maximum atomic E-state index is 12.8. The summed E-state index contributed by atoms with van der Waals surface area (Å²) >= 11 is 0. The number of carbonyl (C=O) groups is 4. The van der Waals surface area contributed by atoms with Crippen LogP contribution < -0.4 is 16.2 Å². The number of hydrogen-bond donors (Lipinski definition) is 5. The molecule has 49 heavy (non-hydrogen) atoms. The molecule has 4 aromatic rings. The first-order chi connectivity index (χ1) is 23.2. The molecule has 262 valence electrons. The largest absolute Gasteiger partial charge is 0.466 e. The Hall–Kier alpha value is -5.35. The molecule has 0 aliphatic heterocycles. The lowest BCUT2D eigenvalue weighted by atomic mass is 10.0. The number of aromatic amines is 2. The first-order valence-electron chi connectivity index (χ1n) is 15.4. The lowest BCUT2D eigenvalue weighted by molar-refractivity contribution is -0.146. The molecule has 0 radical (unpaired) electrons. The van der Waals surface area contributed by atoms with Gasteiger partial charge in [0, 0.05) is 25.1 Å². The zero-order valence-electron chi connectivity index (χ0n) is 27.5. The number of anilines is 1. The SMILES string of the molecule is CCOC(=O)CC[C@H](NC(=O)c1ccc(CCc2c[nH]c3nc(NC(C)=O)[nH]c(=O)c23)cc1)C(=O)OCC.Cc1ccc(S(=O)(=O)O)cc1. The lowest BCUT2D eigenvalue weighted by Gasteiger charge is -2.17. The van der Waals surface area contributed by atoms with Crippen LogP contribution in [0.2, 0.25) is 0 Å². The molecule has 0 saturated carbocycles. The number of aryl methyl sites for hydroxylation is 3. The minimum absolute atomic E-state index is 0.0305. The molecule has 0 aliphatic rings. The van der Waals surface area contributed by atoms with Crippen LogP contribution in [0.3, 0.4) is 0 Å². The highest BCUT2D eigenvalue weighted by Gasteiger charge is 2.24. The number of nitrogens with one attached hydrogen (secondary N) is 4. The summed E-state index contributed by atoms with van der Waals surface area (Å²) < 4.78 is 39.5. The van der Waals surface area contributed by atoms with Crippen molar-refractivity contribution >= 4 is 50.9 Å². The third-order valence-electron chi connectivity index (χ3n) is 6.95. The number of aromatic nitrogens is 3. The smallest absolute Gasteiger partial charge is 0.328 e. The van der Waals surface area contributed by atoms with Crippen LogP contribution in [0.25, 0.3) is 11.0 Å². The number of benzene rings is 2. The number of ether oxygens (including phenoxy) is 2. The van der Waals surface area contributed by atoms with Gasteiger partial charge in [0.15, 0.2) is 0 Å². The summed E-state index contributed by atoms with van der Waals surface area (Å²) in [5.41, 5.74) is 3.01. The Morgan fingerprint density at radius 2 is 1.61 bits per heavy atom. The maximum absolute atomic E-state index is 12.8. The Balaban J connectivity index is 0.000000501. The van der Waals surface area contributed by atoms with E-state index in [-0.39, 0.29) is 48.4 Å². The number of rotatable bonds is 13. The van der Waals surface area contributed by atoms with Gasteiger partial charge in [-0.1, -0.05) is 29.8 Å². The van der Waals surface area contributed by atoms with Gasteiger partial charge in [0.25, 0.3) is 21.6 Å². The number of hydrogen-bond acceptors (Lipinski definition) is 10. The molecule has 2 aromatic carbocycles. The highest BCUT2D eigenvalue weighted by molar-refractivity contribution is 7.85. The molecule has 0 spiro atoms. The van der Waals surface area contributed by atoms with E-state index in [4.69, 9.17) is 14.0 Å². The van der Waals surface area contributed by atoms with Crippen molar-refractivity contribution in [1.29, 1.82) is 0 Å². The quantitative estimate of drug-likeness (QED) is 0.101. The van der Waals surface area contributed by atoms with Crippen molar-refractivity contribution in [1.82, 2.24) is 20.3 Å². The molecule has 0 bridgehead atoms. The molecular weight excluding hydrogens is 658 g/mol. The van der Waals surface area contributed by atoms with Crippen molar-refractivity contribution < 1.29 is 41.6 Å². The summed E-state index contributed by atoms with van der Waals surface area (Å²) in [5, 5.41) is 5.51. The predicted octanol–water partition coefficient (Wildman–Crippen LogP) is 3.24. The number of esters is 2. The first kappa shape index (κ1) is 38.1. The normalized spacial score (nSPS) is 11.5. The van der Waals surface area contributed by atoms with Gasteiger partial charge >= 0.3 is 11.9 Å². The molecular formula is C33H39N5O10S. The summed E-state index contributed by atoms with van der Waals surface area (Å²) in [5.74, 6) is -1.81. The Morgan fingerprint density at radius 3 is 2.20 bits per heavy atom. The van der Waals surface area contributed by atoms with Gasteiger partial charge in [-0.05, 0) is 75.4 Å². The summed E-state index contributed by atoms with van der Waals surface area (Å²) in [6, 6.07) is 11.9. The molecule has 15 nitrogen and oxygen atoms in total. The number of H-pyrrole nitrogens is 2. The van der Waals surface area contributed by atoms with Gasteiger partial charge in [0.1, 0.15) is 11.7 Å². The second-order valence-corrected chi connectivity index (χ2v) is 12.2. The van der Waals surface area contributed by atoms with Gasteiger partial charge in [0.2, 0.25) is 11.9 Å². The highest BCUT2D eigenvalue weighted by Crippen LogP contribution is 2.17. The van der Waals surface area contributed by atoms with E-state index in [0.717, 1.165) is 16.7 Å². The van der Waals surface area contributed by atoms with E-state index in [9.17, 15) is 32.4 Å². The van der Waals surface area contributed by atoms with Gasteiger partial charge in [0.05, 0.1) is 23.5 Å². The van der Waals surface area contributed by atoms with E-state index in [1.54, 1.807) is 56.4 Å². The Labute approximate surface area is 282 Å². The van der Waals surface area contributed by atoms with Crippen molar-refractivity contribution in [2.45, 2.75) is 64.3 Å². The van der Waals surface area contributed by atoms with E-state index in [1.807, 2.05) is 6.92 Å². The van der Waals surface area contributed by atoms with Crippen LogP contribution in [0.4, 0.5) is 5.95 Å². The van der Waals surface area contributed by atoms with E-state index in [2.05, 4.69) is 25.6 Å².